The van der Waals surface area contributed by atoms with Crippen molar-refractivity contribution in [3.63, 3.8) is 0 Å². The van der Waals surface area contributed by atoms with E-state index in [9.17, 15) is 9.90 Å². The molecule has 0 saturated heterocycles. The second kappa shape index (κ2) is 5.21. The molecule has 0 aromatic heterocycles. The predicted octanol–water partition coefficient (Wildman–Crippen LogP) is 4.72. The lowest BCUT2D eigenvalue weighted by Crippen LogP contribution is -2.19. The summed E-state index contributed by atoms with van der Waals surface area (Å²) in [4.78, 5) is 12.7. The topological polar surface area (TPSA) is 49.3 Å². The zero-order chi connectivity index (χ0) is 17.0. The summed E-state index contributed by atoms with van der Waals surface area (Å²) in [6.45, 7) is 0. The van der Waals surface area contributed by atoms with Crippen LogP contribution in [-0.4, -0.2) is 10.9 Å². The van der Waals surface area contributed by atoms with Gasteiger partial charge in [-0.1, -0.05) is 42.5 Å². The van der Waals surface area contributed by atoms with E-state index in [-0.39, 0.29) is 17.5 Å². The number of allylic oxidation sites excluding steroid dienone is 2. The number of rotatable bonds is 1. The molecule has 25 heavy (non-hydrogen) atoms. The van der Waals surface area contributed by atoms with Gasteiger partial charge < -0.3 is 10.4 Å². The molecule has 1 aliphatic heterocycles. The highest BCUT2D eigenvalue weighted by atomic mass is 16.3. The van der Waals surface area contributed by atoms with Crippen LogP contribution in [0.4, 0.5) is 5.69 Å². The first kappa shape index (κ1) is 14.3. The lowest BCUT2D eigenvalue weighted by Gasteiger charge is -2.30. The largest absolute Gasteiger partial charge is 0.508 e. The van der Waals surface area contributed by atoms with Gasteiger partial charge in [0.25, 0.3) is 0 Å². The van der Waals surface area contributed by atoms with Gasteiger partial charge >= 0.3 is 0 Å². The van der Waals surface area contributed by atoms with Crippen LogP contribution in [0.2, 0.25) is 0 Å². The van der Waals surface area contributed by atoms with Crippen LogP contribution in [0.3, 0.4) is 0 Å². The lowest BCUT2D eigenvalue weighted by atomic mass is 9.78. The number of fused-ring (bicyclic) bond motifs is 3. The SMILES string of the molecule is O=C1CCC2=C1C(c1ccc(O)cc1)c1c(ccc3ccccc13)N2. The molecule has 0 radical (unpaired) electrons. The number of carbonyl (C=O) groups is 1. The molecular formula is C22H17NO2. The number of Topliss-reactive ketones (excluding diaryl/α,β-unsaturated/α-hetero) is 1. The van der Waals surface area contributed by atoms with Gasteiger partial charge in [-0.15, -0.1) is 0 Å². The Labute approximate surface area is 145 Å². The standard InChI is InChI=1S/C22H17NO2/c24-15-8-5-14(6-9-15)20-21-16-4-2-1-3-13(16)7-10-17(21)23-18-11-12-19(25)22(18)20/h1-10,20,23-24H,11-12H2. The van der Waals surface area contributed by atoms with Gasteiger partial charge in [-0.05, 0) is 46.5 Å². The van der Waals surface area contributed by atoms with Crippen molar-refractivity contribution in [1.29, 1.82) is 0 Å². The van der Waals surface area contributed by atoms with Crippen LogP contribution in [0.15, 0.2) is 71.9 Å². The fourth-order valence-corrected chi connectivity index (χ4v) is 4.16. The molecular weight excluding hydrogens is 310 g/mol. The van der Waals surface area contributed by atoms with Crippen molar-refractivity contribution in [2.24, 2.45) is 0 Å². The van der Waals surface area contributed by atoms with Crippen LogP contribution in [0.25, 0.3) is 10.8 Å². The Morgan fingerprint density at radius 2 is 1.72 bits per heavy atom. The van der Waals surface area contributed by atoms with E-state index in [0.29, 0.717) is 6.42 Å². The van der Waals surface area contributed by atoms with Gasteiger partial charge in [0.2, 0.25) is 0 Å². The third kappa shape index (κ3) is 2.09. The van der Waals surface area contributed by atoms with Gasteiger partial charge in [0, 0.05) is 29.3 Å². The van der Waals surface area contributed by atoms with E-state index in [0.717, 1.165) is 39.9 Å². The summed E-state index contributed by atoms with van der Waals surface area (Å²) >= 11 is 0. The first-order valence-corrected chi connectivity index (χ1v) is 8.56. The maximum Gasteiger partial charge on any atom is 0.161 e. The van der Waals surface area contributed by atoms with Crippen molar-refractivity contribution in [3.8, 4) is 5.75 Å². The lowest BCUT2D eigenvalue weighted by molar-refractivity contribution is -0.115. The van der Waals surface area contributed by atoms with Crippen molar-refractivity contribution in [2.45, 2.75) is 18.8 Å². The smallest absolute Gasteiger partial charge is 0.161 e. The minimum atomic E-state index is -0.0899. The second-order valence-corrected chi connectivity index (χ2v) is 6.71. The van der Waals surface area contributed by atoms with E-state index in [1.165, 1.54) is 5.39 Å². The van der Waals surface area contributed by atoms with Crippen LogP contribution in [0.5, 0.6) is 5.75 Å². The second-order valence-electron chi connectivity index (χ2n) is 6.71. The van der Waals surface area contributed by atoms with Crippen LogP contribution >= 0.6 is 0 Å². The number of ketones is 1. The minimum absolute atomic E-state index is 0.0899. The van der Waals surface area contributed by atoms with Gasteiger partial charge in [-0.3, -0.25) is 4.79 Å². The highest BCUT2D eigenvalue weighted by molar-refractivity contribution is 6.05. The molecule has 0 spiro atoms. The summed E-state index contributed by atoms with van der Waals surface area (Å²) in [6, 6.07) is 19.8. The van der Waals surface area contributed by atoms with E-state index in [1.54, 1.807) is 12.1 Å². The molecule has 0 amide bonds. The summed E-state index contributed by atoms with van der Waals surface area (Å²) in [6.07, 6.45) is 1.34. The third-order valence-electron chi connectivity index (χ3n) is 5.29. The Morgan fingerprint density at radius 1 is 0.920 bits per heavy atom. The average Bonchev–Trinajstić information content (AvgIpc) is 3.01. The van der Waals surface area contributed by atoms with Crippen LogP contribution in [0.1, 0.15) is 29.9 Å². The molecule has 0 bridgehead atoms. The Balaban J connectivity index is 1.83. The van der Waals surface area contributed by atoms with Crippen molar-refractivity contribution >= 4 is 22.2 Å². The molecule has 2 N–H and O–H groups in total. The molecule has 0 saturated carbocycles. The first-order valence-electron chi connectivity index (χ1n) is 8.56. The molecule has 1 atom stereocenters. The number of anilines is 1. The molecule has 1 aliphatic carbocycles. The Hall–Kier alpha value is -3.07. The van der Waals surface area contributed by atoms with Crippen LogP contribution in [-0.2, 0) is 4.79 Å². The summed E-state index contributed by atoms with van der Waals surface area (Å²) < 4.78 is 0. The monoisotopic (exact) mass is 327 g/mol. The zero-order valence-electron chi connectivity index (χ0n) is 13.6. The maximum absolute atomic E-state index is 12.7. The van der Waals surface area contributed by atoms with Crippen molar-refractivity contribution in [1.82, 2.24) is 0 Å². The normalized spacial score (nSPS) is 18.9. The molecule has 2 aliphatic rings. The van der Waals surface area contributed by atoms with Crippen LogP contribution in [0, 0.1) is 0 Å². The average molecular weight is 327 g/mol. The first-order chi connectivity index (χ1) is 12.2. The van der Waals surface area contributed by atoms with Crippen molar-refractivity contribution in [2.75, 3.05) is 5.32 Å². The number of nitrogens with one attached hydrogen (secondary N) is 1. The van der Waals surface area contributed by atoms with Crippen LogP contribution < -0.4 is 5.32 Å². The number of carbonyl (C=O) groups excluding carboxylic acids is 1. The van der Waals surface area contributed by atoms with Gasteiger partial charge in [0.15, 0.2) is 5.78 Å². The Bertz CT molecular complexity index is 1050. The number of hydrogen-bond acceptors (Lipinski definition) is 3. The number of phenols is 1. The summed E-state index contributed by atoms with van der Waals surface area (Å²) in [5.41, 5.74) is 5.20. The van der Waals surface area contributed by atoms with Crippen molar-refractivity contribution in [3.05, 3.63) is 83.1 Å². The fourth-order valence-electron chi connectivity index (χ4n) is 4.16. The minimum Gasteiger partial charge on any atom is -0.508 e. The van der Waals surface area contributed by atoms with E-state index in [4.69, 9.17) is 0 Å². The molecule has 5 rings (SSSR count). The molecule has 0 fully saturated rings. The molecule has 3 aromatic rings. The van der Waals surface area contributed by atoms with Gasteiger partial charge in [0.1, 0.15) is 5.75 Å². The molecule has 122 valence electrons. The van der Waals surface area contributed by atoms with E-state index in [1.807, 2.05) is 24.3 Å². The van der Waals surface area contributed by atoms with Crippen molar-refractivity contribution < 1.29 is 9.90 Å². The molecule has 1 unspecified atom stereocenters. The molecule has 3 aromatic carbocycles. The number of aromatic hydroxyl groups is 1. The molecule has 3 heteroatoms. The zero-order valence-corrected chi connectivity index (χ0v) is 13.6. The number of hydrogen-bond donors (Lipinski definition) is 2. The highest BCUT2D eigenvalue weighted by Gasteiger charge is 2.37. The summed E-state index contributed by atoms with van der Waals surface area (Å²) in [5.74, 6) is 0.370. The summed E-state index contributed by atoms with van der Waals surface area (Å²) in [7, 11) is 0. The summed E-state index contributed by atoms with van der Waals surface area (Å²) in [5, 5.41) is 15.5. The fraction of sp³-hybridized carbons (Fsp3) is 0.136. The third-order valence-corrected chi connectivity index (χ3v) is 5.29. The van der Waals surface area contributed by atoms with Gasteiger partial charge in [0.05, 0.1) is 0 Å². The van der Waals surface area contributed by atoms with Gasteiger partial charge in [-0.2, -0.15) is 0 Å². The Morgan fingerprint density at radius 3 is 2.56 bits per heavy atom. The molecule has 3 nitrogen and oxygen atoms in total. The number of benzene rings is 3. The quantitative estimate of drug-likeness (QED) is 0.680. The predicted molar refractivity (Wildman–Crippen MR) is 98.8 cm³/mol. The Kier molecular flexibility index (Phi) is 2.98. The van der Waals surface area contributed by atoms with E-state index in [2.05, 4.69) is 29.6 Å². The van der Waals surface area contributed by atoms with E-state index < -0.39 is 0 Å². The number of phenolic OH excluding ortho intramolecular Hbond substituents is 1. The van der Waals surface area contributed by atoms with E-state index >= 15 is 0 Å². The highest BCUT2D eigenvalue weighted by Crippen LogP contribution is 2.48. The molecule has 1 heterocycles. The van der Waals surface area contributed by atoms with Gasteiger partial charge in [-0.25, -0.2) is 0 Å². The maximum atomic E-state index is 12.7.